The number of carbonyl (C=O) groups excluding carboxylic acids is 10. The summed E-state index contributed by atoms with van der Waals surface area (Å²) in [5.41, 5.74) is 12.1. The van der Waals surface area contributed by atoms with Gasteiger partial charge in [-0.1, -0.05) is 65.5 Å². The van der Waals surface area contributed by atoms with Crippen LogP contribution in [0.1, 0.15) is 117 Å². The summed E-state index contributed by atoms with van der Waals surface area (Å²) in [7, 11) is 0. The third kappa shape index (κ3) is 29.2. The van der Waals surface area contributed by atoms with E-state index in [2.05, 4.69) is 65.8 Å². The highest BCUT2D eigenvalue weighted by atomic mass is 32.1. The molecule has 1 aromatic carbocycles. The van der Waals surface area contributed by atoms with Gasteiger partial charge in [0, 0.05) is 18.6 Å². The SMILES string of the molecule is CCCC[C@H](NC(=O)[C@H](Cc1ccc(O)cc1)NC(=O)[C@@H](N)CCCC)C(=O)N[C@@H](CC(=O)O)C(=O)N[C@@H](CCC(=O)O)C(=O)N[C@H](C(=O)N[C@@H](CC(=O)O)C(=O)NCC(=O)N[C@@H](CCCCN)C(=O)NCC(=O)N[C@@H](CS)C(=O)O)C(C)C. The maximum absolute atomic E-state index is 14.0. The average Bonchev–Trinajstić information content (AvgIpc) is 3.65. The van der Waals surface area contributed by atoms with E-state index < -0.39 is 182 Å². The number of nitrogens with two attached hydrogens (primary N) is 2. The summed E-state index contributed by atoms with van der Waals surface area (Å²) in [6.45, 7) is 5.12. The van der Waals surface area contributed by atoms with Gasteiger partial charge in [0.1, 0.15) is 54.1 Å². The van der Waals surface area contributed by atoms with Crippen molar-refractivity contribution in [1.82, 2.24) is 53.2 Å². The molecular weight excluding hydrogens is 1130 g/mol. The van der Waals surface area contributed by atoms with Crippen molar-refractivity contribution in [2.45, 2.75) is 172 Å². The number of carboxylic acids is 4. The largest absolute Gasteiger partial charge is 0.508 e. The lowest BCUT2D eigenvalue weighted by Crippen LogP contribution is -2.61. The number of aliphatic carboxylic acids is 4. The standard InChI is InChI=1S/C52H82N12O19S/c1-5-7-11-30(54)44(74)61-34(21-28-14-16-29(65)17-15-28)49(79)59-32(12-8-6-2)47(77)62-36(23-42(72)73)50(80)60-33(18-19-40(68)69)48(78)64-43(27(3)4)51(81)63-35(22-41(70)71)46(76)56-24-38(66)57-31(13-9-10-20-53)45(75)55-25-39(67)58-37(26-84)52(82)83/h14-17,27,30-37,43,65,84H,5-13,18-26,53-54H2,1-4H3,(H,55,75)(H,56,76)(H,57,66)(H,58,67)(H,59,79)(H,60,80)(H,61,74)(H,62,77)(H,63,81)(H,64,78)(H,68,69)(H,70,71)(H,72,73)(H,82,83)/t30-,31-,32-,33-,34-,35-,36-,37-,43-/m0/s1. The maximum atomic E-state index is 14.0. The van der Waals surface area contributed by atoms with E-state index in [4.69, 9.17) is 16.6 Å². The van der Waals surface area contributed by atoms with Crippen LogP contribution in [-0.4, -0.2) is 188 Å². The number of phenols is 1. The van der Waals surface area contributed by atoms with Crippen LogP contribution in [0.4, 0.5) is 0 Å². The fourth-order valence-corrected chi connectivity index (χ4v) is 8.03. The van der Waals surface area contributed by atoms with Gasteiger partial charge in [0.15, 0.2) is 0 Å². The third-order valence-corrected chi connectivity index (χ3v) is 12.9. The molecule has 470 valence electrons. The summed E-state index contributed by atoms with van der Waals surface area (Å²) in [5, 5.41) is 71.1. The molecule has 0 aromatic heterocycles. The lowest BCUT2D eigenvalue weighted by Gasteiger charge is -2.28. The first-order chi connectivity index (χ1) is 39.6. The number of thiol groups is 1. The zero-order chi connectivity index (χ0) is 63.6. The molecule has 32 heteroatoms. The Hall–Kier alpha value is -8.13. The quantitative estimate of drug-likeness (QED) is 0.0222. The summed E-state index contributed by atoms with van der Waals surface area (Å²) >= 11 is 3.85. The number of unbranched alkanes of at least 4 members (excludes halogenated alkanes) is 3. The van der Waals surface area contributed by atoms with Crippen LogP contribution in [0.5, 0.6) is 5.75 Å². The number of aromatic hydroxyl groups is 1. The van der Waals surface area contributed by atoms with Crippen LogP contribution in [0.2, 0.25) is 0 Å². The highest BCUT2D eigenvalue weighted by molar-refractivity contribution is 7.80. The molecule has 1 rings (SSSR count). The lowest BCUT2D eigenvalue weighted by atomic mass is 10.0. The number of rotatable bonds is 42. The van der Waals surface area contributed by atoms with Crippen molar-refractivity contribution >= 4 is 95.6 Å². The number of phenolic OH excluding ortho intramolecular Hbond substituents is 1. The Morgan fingerprint density at radius 1 is 0.488 bits per heavy atom. The topological polar surface area (TPSA) is 512 Å². The predicted octanol–water partition coefficient (Wildman–Crippen LogP) is -3.63. The van der Waals surface area contributed by atoms with Crippen molar-refractivity contribution in [3.63, 3.8) is 0 Å². The van der Waals surface area contributed by atoms with Gasteiger partial charge in [-0.3, -0.25) is 62.3 Å². The Morgan fingerprint density at radius 3 is 1.42 bits per heavy atom. The Bertz CT molecular complexity index is 2430. The number of nitrogens with one attached hydrogen (secondary N) is 10. The maximum Gasteiger partial charge on any atom is 0.327 e. The van der Waals surface area contributed by atoms with E-state index in [1.54, 1.807) is 6.92 Å². The highest BCUT2D eigenvalue weighted by Gasteiger charge is 2.36. The van der Waals surface area contributed by atoms with Crippen molar-refractivity contribution in [2.24, 2.45) is 17.4 Å². The minimum absolute atomic E-state index is 0.00886. The molecule has 0 aliphatic carbocycles. The van der Waals surface area contributed by atoms with E-state index in [1.807, 2.05) is 6.92 Å². The molecular formula is C52H82N12O19S. The number of carboxylic acid groups (broad SMARTS) is 4. The minimum atomic E-state index is -1.99. The van der Waals surface area contributed by atoms with Crippen LogP contribution in [0, 0.1) is 5.92 Å². The first-order valence-corrected chi connectivity index (χ1v) is 27.9. The fraction of sp³-hybridized carbons (Fsp3) is 0.615. The predicted molar refractivity (Wildman–Crippen MR) is 301 cm³/mol. The Kier molecular flexibility index (Phi) is 34.6. The fourth-order valence-electron chi connectivity index (χ4n) is 7.78. The summed E-state index contributed by atoms with van der Waals surface area (Å²) in [6.07, 6.45) is -0.701. The first-order valence-electron chi connectivity index (χ1n) is 27.3. The van der Waals surface area contributed by atoms with Gasteiger partial charge in [-0.05, 0) is 68.7 Å². The van der Waals surface area contributed by atoms with Crippen molar-refractivity contribution in [1.29, 1.82) is 0 Å². The molecule has 0 saturated carbocycles. The van der Waals surface area contributed by atoms with E-state index in [9.17, 15) is 87.5 Å². The van der Waals surface area contributed by atoms with Crippen molar-refractivity contribution < 1.29 is 92.7 Å². The van der Waals surface area contributed by atoms with Crippen LogP contribution in [0.25, 0.3) is 0 Å². The summed E-state index contributed by atoms with van der Waals surface area (Å²) in [5.74, 6) is -17.6. The summed E-state index contributed by atoms with van der Waals surface area (Å²) in [6, 6.07) is -8.16. The zero-order valence-electron chi connectivity index (χ0n) is 47.4. The van der Waals surface area contributed by atoms with Crippen molar-refractivity contribution in [3.8, 4) is 5.75 Å². The second-order valence-corrected chi connectivity index (χ2v) is 20.3. The van der Waals surface area contributed by atoms with Crippen LogP contribution < -0.4 is 64.6 Å². The molecule has 0 spiro atoms. The van der Waals surface area contributed by atoms with Crippen LogP contribution in [0.15, 0.2) is 24.3 Å². The smallest absolute Gasteiger partial charge is 0.327 e. The molecule has 0 fully saturated rings. The molecule has 19 N–H and O–H groups in total. The van der Waals surface area contributed by atoms with Gasteiger partial charge < -0.3 is 90.2 Å². The average molecular weight is 1210 g/mol. The molecule has 0 unspecified atom stereocenters. The molecule has 84 heavy (non-hydrogen) atoms. The summed E-state index contributed by atoms with van der Waals surface area (Å²) < 4.78 is 0. The Balaban J connectivity index is 3.37. The monoisotopic (exact) mass is 1210 g/mol. The number of benzene rings is 1. The normalized spacial score (nSPS) is 14.1. The van der Waals surface area contributed by atoms with Crippen molar-refractivity contribution in [3.05, 3.63) is 29.8 Å². The highest BCUT2D eigenvalue weighted by Crippen LogP contribution is 2.14. The van der Waals surface area contributed by atoms with Gasteiger partial charge in [-0.25, -0.2) is 4.79 Å². The van der Waals surface area contributed by atoms with Gasteiger partial charge in [-0.15, -0.1) is 0 Å². The Labute approximate surface area is 490 Å². The molecule has 1 aromatic rings. The molecule has 9 atom stereocenters. The zero-order valence-corrected chi connectivity index (χ0v) is 48.3. The molecule has 0 aliphatic rings. The molecule has 0 heterocycles. The van der Waals surface area contributed by atoms with Gasteiger partial charge in [-0.2, -0.15) is 12.6 Å². The molecule has 0 aliphatic heterocycles. The molecule has 0 radical (unpaired) electrons. The van der Waals surface area contributed by atoms with Gasteiger partial charge in [0.25, 0.3) is 0 Å². The van der Waals surface area contributed by atoms with Gasteiger partial charge in [0.05, 0.1) is 32.0 Å². The number of carbonyl (C=O) groups is 14. The van der Waals surface area contributed by atoms with E-state index in [0.29, 0.717) is 44.1 Å². The third-order valence-electron chi connectivity index (χ3n) is 12.5. The molecule has 10 amide bonds. The molecule has 0 bridgehead atoms. The van der Waals surface area contributed by atoms with E-state index in [0.717, 1.165) is 6.42 Å². The van der Waals surface area contributed by atoms with Crippen LogP contribution >= 0.6 is 12.6 Å². The summed E-state index contributed by atoms with van der Waals surface area (Å²) in [4.78, 5) is 182. The van der Waals surface area contributed by atoms with Gasteiger partial charge >= 0.3 is 23.9 Å². The van der Waals surface area contributed by atoms with E-state index >= 15 is 0 Å². The van der Waals surface area contributed by atoms with Crippen molar-refractivity contribution in [2.75, 3.05) is 25.4 Å². The second kappa shape index (κ2) is 39.4. The first kappa shape index (κ1) is 73.9. The van der Waals surface area contributed by atoms with E-state index in [-0.39, 0.29) is 37.3 Å². The number of hydrogen-bond acceptors (Lipinski definition) is 18. The lowest BCUT2D eigenvalue weighted by molar-refractivity contribution is -0.142. The number of amides is 10. The van der Waals surface area contributed by atoms with Crippen LogP contribution in [-0.2, 0) is 73.5 Å². The number of hydrogen-bond donors (Lipinski definition) is 18. The van der Waals surface area contributed by atoms with E-state index in [1.165, 1.54) is 38.1 Å². The molecule has 0 saturated heterocycles. The Morgan fingerprint density at radius 2 is 0.917 bits per heavy atom. The van der Waals surface area contributed by atoms with Crippen LogP contribution in [0.3, 0.4) is 0 Å². The molecule has 31 nitrogen and oxygen atoms in total. The second-order valence-electron chi connectivity index (χ2n) is 19.9. The van der Waals surface area contributed by atoms with Gasteiger partial charge in [0.2, 0.25) is 59.1 Å². The minimum Gasteiger partial charge on any atom is -0.508 e.